The molecule has 0 amide bonds. The average molecular weight is 297 g/mol. The smallest absolute Gasteiger partial charge is 0.0467 e. The summed E-state index contributed by atoms with van der Waals surface area (Å²) >= 11 is 0. The van der Waals surface area contributed by atoms with Crippen molar-refractivity contribution >= 4 is 6.08 Å². The molecule has 23 heavy (non-hydrogen) atoms. The molecule has 1 fully saturated rings. The highest BCUT2D eigenvalue weighted by Gasteiger charge is 2.57. The van der Waals surface area contributed by atoms with E-state index in [0.717, 1.165) is 24.0 Å². The predicted octanol–water partition coefficient (Wildman–Crippen LogP) is 4.15. The molecule has 2 aromatic carbocycles. The van der Waals surface area contributed by atoms with Crippen LogP contribution in [0.1, 0.15) is 29.5 Å². The van der Waals surface area contributed by atoms with Crippen molar-refractivity contribution in [3.05, 3.63) is 89.5 Å². The second-order valence-electron chi connectivity index (χ2n) is 6.49. The summed E-state index contributed by atoms with van der Waals surface area (Å²) in [6.07, 6.45) is 11.1. The van der Waals surface area contributed by atoms with Crippen molar-refractivity contribution in [3.8, 4) is 11.8 Å². The van der Waals surface area contributed by atoms with Crippen LogP contribution in [0.15, 0.2) is 72.8 Å². The molecule has 1 nitrogen and oxygen atoms in total. The fraction of sp³-hybridized carbons (Fsp3) is 0.182. The molecule has 1 saturated carbocycles. The molecule has 112 valence electrons. The molecule has 2 aliphatic rings. The molecule has 0 aliphatic heterocycles. The number of nitrogens with two attached hydrogens (primary N) is 1. The zero-order valence-corrected chi connectivity index (χ0v) is 13.0. The van der Waals surface area contributed by atoms with Gasteiger partial charge in [0.15, 0.2) is 0 Å². The van der Waals surface area contributed by atoms with E-state index in [1.807, 2.05) is 30.3 Å². The zero-order chi connectivity index (χ0) is 15.8. The maximum Gasteiger partial charge on any atom is 0.0467 e. The first-order valence-corrected chi connectivity index (χ1v) is 8.05. The van der Waals surface area contributed by atoms with Crippen LogP contribution < -0.4 is 5.73 Å². The van der Waals surface area contributed by atoms with Gasteiger partial charge in [-0.2, -0.15) is 0 Å². The van der Waals surface area contributed by atoms with Crippen molar-refractivity contribution in [1.29, 1.82) is 0 Å². The Balaban J connectivity index is 1.47. The van der Waals surface area contributed by atoms with Gasteiger partial charge in [0.1, 0.15) is 0 Å². The van der Waals surface area contributed by atoms with Gasteiger partial charge in [0.05, 0.1) is 0 Å². The Hall–Kier alpha value is -2.56. The molecule has 0 radical (unpaired) electrons. The van der Waals surface area contributed by atoms with Gasteiger partial charge in [0.25, 0.3) is 0 Å². The molecule has 2 atom stereocenters. The number of rotatable bonds is 2. The zero-order valence-electron chi connectivity index (χ0n) is 13.0. The number of hydrogen-bond donors (Lipinski definition) is 1. The van der Waals surface area contributed by atoms with Crippen LogP contribution in [0.25, 0.3) is 6.08 Å². The first kappa shape index (κ1) is 14.1. The minimum absolute atomic E-state index is 0.0788. The first-order chi connectivity index (χ1) is 11.2. The summed E-state index contributed by atoms with van der Waals surface area (Å²) in [6.45, 7) is 0. The molecule has 0 aromatic heterocycles. The normalized spacial score (nSPS) is 27.5. The largest absolute Gasteiger partial charge is 0.321 e. The van der Waals surface area contributed by atoms with Crippen LogP contribution in [-0.4, -0.2) is 5.54 Å². The topological polar surface area (TPSA) is 26.0 Å². The lowest BCUT2D eigenvalue weighted by Crippen LogP contribution is -2.65. The average Bonchev–Trinajstić information content (AvgIpc) is 2.61. The maximum absolute atomic E-state index is 6.31. The fourth-order valence-corrected chi connectivity index (χ4v) is 3.26. The van der Waals surface area contributed by atoms with Gasteiger partial charge in [0, 0.05) is 22.1 Å². The van der Waals surface area contributed by atoms with E-state index in [-0.39, 0.29) is 11.0 Å². The summed E-state index contributed by atoms with van der Waals surface area (Å²) in [7, 11) is 0. The molecule has 2 N–H and O–H groups in total. The quantitative estimate of drug-likeness (QED) is 0.654. The fourth-order valence-electron chi connectivity index (χ4n) is 3.26. The van der Waals surface area contributed by atoms with Crippen molar-refractivity contribution < 1.29 is 0 Å². The SMILES string of the molecule is N[C@]12C=CC1(C=Cc1ccc(C#Cc3ccccc3)cc1)CC2. The van der Waals surface area contributed by atoms with Crippen LogP contribution in [0.2, 0.25) is 0 Å². The van der Waals surface area contributed by atoms with Crippen LogP contribution in [0, 0.1) is 17.3 Å². The van der Waals surface area contributed by atoms with Gasteiger partial charge >= 0.3 is 0 Å². The van der Waals surface area contributed by atoms with Crippen molar-refractivity contribution in [2.24, 2.45) is 11.1 Å². The molecule has 1 heteroatoms. The highest BCUT2D eigenvalue weighted by molar-refractivity contribution is 5.57. The third-order valence-corrected chi connectivity index (χ3v) is 5.11. The lowest BCUT2D eigenvalue weighted by atomic mass is 9.48. The van der Waals surface area contributed by atoms with Gasteiger partial charge in [0.2, 0.25) is 0 Å². The minimum atomic E-state index is -0.0788. The van der Waals surface area contributed by atoms with E-state index in [1.165, 1.54) is 5.56 Å². The van der Waals surface area contributed by atoms with E-state index in [1.54, 1.807) is 0 Å². The number of hydrogen-bond acceptors (Lipinski definition) is 1. The Morgan fingerprint density at radius 2 is 1.52 bits per heavy atom. The van der Waals surface area contributed by atoms with E-state index in [0.29, 0.717) is 0 Å². The van der Waals surface area contributed by atoms with E-state index >= 15 is 0 Å². The van der Waals surface area contributed by atoms with Gasteiger partial charge in [-0.1, -0.05) is 66.5 Å². The Morgan fingerprint density at radius 1 is 0.826 bits per heavy atom. The summed E-state index contributed by atoms with van der Waals surface area (Å²) in [5.74, 6) is 6.38. The van der Waals surface area contributed by atoms with Crippen molar-refractivity contribution in [1.82, 2.24) is 0 Å². The summed E-state index contributed by atoms with van der Waals surface area (Å²) in [5.41, 5.74) is 9.61. The molecule has 0 heterocycles. The summed E-state index contributed by atoms with van der Waals surface area (Å²) < 4.78 is 0. The van der Waals surface area contributed by atoms with E-state index in [2.05, 4.69) is 60.4 Å². The standard InChI is InChI=1S/C22H19N/c23-22-16-14-21(22,15-17-22)13-12-20-10-8-19(9-11-20)7-6-18-4-2-1-3-5-18/h1-5,8-14,16H,15,17,23H2/t21?,22-/m0/s1. The molecular weight excluding hydrogens is 278 g/mol. The van der Waals surface area contributed by atoms with Gasteiger partial charge in [-0.25, -0.2) is 0 Å². The Bertz CT molecular complexity index is 833. The molecule has 0 spiro atoms. The lowest BCUT2D eigenvalue weighted by molar-refractivity contribution is 0.109. The highest BCUT2D eigenvalue weighted by atomic mass is 14.9. The maximum atomic E-state index is 6.31. The minimum Gasteiger partial charge on any atom is -0.321 e. The molecule has 1 unspecified atom stereocenters. The molecule has 0 bridgehead atoms. The van der Waals surface area contributed by atoms with Crippen LogP contribution >= 0.6 is 0 Å². The van der Waals surface area contributed by atoms with Crippen molar-refractivity contribution in [3.63, 3.8) is 0 Å². The third kappa shape index (κ3) is 2.42. The van der Waals surface area contributed by atoms with E-state index < -0.39 is 0 Å². The number of fused-ring (bicyclic) bond motifs is 1. The lowest BCUT2D eigenvalue weighted by Gasteiger charge is -2.59. The highest BCUT2D eigenvalue weighted by Crippen LogP contribution is 2.58. The van der Waals surface area contributed by atoms with E-state index in [9.17, 15) is 0 Å². The molecule has 2 aliphatic carbocycles. The third-order valence-electron chi connectivity index (χ3n) is 5.11. The van der Waals surface area contributed by atoms with Crippen molar-refractivity contribution in [2.45, 2.75) is 18.4 Å². The number of benzene rings is 2. The monoisotopic (exact) mass is 297 g/mol. The van der Waals surface area contributed by atoms with Gasteiger partial charge < -0.3 is 5.73 Å². The van der Waals surface area contributed by atoms with Gasteiger partial charge in [-0.3, -0.25) is 0 Å². The first-order valence-electron chi connectivity index (χ1n) is 8.05. The molecular formula is C22H19N. The summed E-state index contributed by atoms with van der Waals surface area (Å²) in [4.78, 5) is 0. The second-order valence-corrected chi connectivity index (χ2v) is 6.49. The molecule has 2 aromatic rings. The van der Waals surface area contributed by atoms with Gasteiger partial charge in [-0.05, 0) is 42.7 Å². The summed E-state index contributed by atoms with van der Waals surface area (Å²) in [6, 6.07) is 18.4. The second kappa shape index (κ2) is 5.26. The molecule has 0 saturated heterocycles. The van der Waals surface area contributed by atoms with Crippen LogP contribution in [0.4, 0.5) is 0 Å². The van der Waals surface area contributed by atoms with Crippen LogP contribution in [0.3, 0.4) is 0 Å². The Labute approximate surface area is 137 Å². The van der Waals surface area contributed by atoms with Crippen molar-refractivity contribution in [2.75, 3.05) is 0 Å². The summed E-state index contributed by atoms with van der Waals surface area (Å²) in [5, 5.41) is 0. The Morgan fingerprint density at radius 3 is 2.04 bits per heavy atom. The molecule has 4 rings (SSSR count). The van der Waals surface area contributed by atoms with E-state index in [4.69, 9.17) is 5.73 Å². The Kier molecular flexibility index (Phi) is 3.22. The van der Waals surface area contributed by atoms with Gasteiger partial charge in [-0.15, -0.1) is 0 Å². The van der Waals surface area contributed by atoms with Crippen LogP contribution in [0.5, 0.6) is 0 Å². The van der Waals surface area contributed by atoms with Crippen LogP contribution in [-0.2, 0) is 0 Å². The predicted molar refractivity (Wildman–Crippen MR) is 95.6 cm³/mol.